The van der Waals surface area contributed by atoms with Gasteiger partial charge in [0.1, 0.15) is 5.82 Å². The van der Waals surface area contributed by atoms with Crippen LogP contribution in [0.25, 0.3) is 10.9 Å². The van der Waals surface area contributed by atoms with Gasteiger partial charge in [0.05, 0.1) is 12.1 Å². The molecule has 1 aromatic heterocycles. The topological polar surface area (TPSA) is 51.4 Å². The molecule has 0 saturated heterocycles. The second kappa shape index (κ2) is 7.38. The van der Waals surface area contributed by atoms with Gasteiger partial charge in [-0.25, -0.2) is 4.98 Å². The minimum absolute atomic E-state index is 0.118. The van der Waals surface area contributed by atoms with Gasteiger partial charge in [0.2, 0.25) is 0 Å². The second-order valence-electron chi connectivity index (χ2n) is 5.46. The van der Waals surface area contributed by atoms with E-state index in [4.69, 9.17) is 15.5 Å². The molecule has 0 fully saturated rings. The summed E-state index contributed by atoms with van der Waals surface area (Å²) >= 11 is 0. The van der Waals surface area contributed by atoms with Gasteiger partial charge in [-0.05, 0) is 38.0 Å². The van der Waals surface area contributed by atoms with Crippen LogP contribution >= 0.6 is 0 Å². The Morgan fingerprint density at radius 2 is 2.10 bits per heavy atom. The number of benzene rings is 1. The van der Waals surface area contributed by atoms with Crippen LogP contribution in [0.4, 0.5) is 5.82 Å². The standard InChI is InChI=1S/C17H25N3O/c1-4-21-10-9-20(3)17-15(11-13(2)18)12-14-7-5-6-8-16(14)19-17/h5-8,12-13H,4,9-11,18H2,1-3H3. The van der Waals surface area contributed by atoms with Gasteiger partial charge >= 0.3 is 0 Å². The molecule has 0 spiro atoms. The molecule has 0 radical (unpaired) electrons. The average Bonchev–Trinajstić information content (AvgIpc) is 2.46. The number of hydrogen-bond donors (Lipinski definition) is 1. The highest BCUT2D eigenvalue weighted by molar-refractivity contribution is 5.81. The van der Waals surface area contributed by atoms with Crippen molar-refractivity contribution in [2.75, 3.05) is 31.7 Å². The summed E-state index contributed by atoms with van der Waals surface area (Å²) in [5.41, 5.74) is 8.20. The molecule has 4 nitrogen and oxygen atoms in total. The zero-order chi connectivity index (χ0) is 15.2. The molecule has 114 valence electrons. The molecular formula is C17H25N3O. The Morgan fingerprint density at radius 1 is 1.33 bits per heavy atom. The number of ether oxygens (including phenoxy) is 1. The molecule has 1 atom stereocenters. The summed E-state index contributed by atoms with van der Waals surface area (Å²) in [5, 5.41) is 1.16. The van der Waals surface area contributed by atoms with E-state index in [1.807, 2.05) is 32.0 Å². The summed E-state index contributed by atoms with van der Waals surface area (Å²) in [6.45, 7) is 6.31. The van der Waals surface area contributed by atoms with E-state index in [0.717, 1.165) is 36.3 Å². The number of anilines is 1. The number of para-hydroxylation sites is 1. The largest absolute Gasteiger partial charge is 0.380 e. The van der Waals surface area contributed by atoms with Crippen molar-refractivity contribution in [2.45, 2.75) is 26.3 Å². The van der Waals surface area contributed by atoms with Crippen molar-refractivity contribution >= 4 is 16.7 Å². The number of fused-ring (bicyclic) bond motifs is 1. The van der Waals surface area contributed by atoms with E-state index >= 15 is 0 Å². The summed E-state index contributed by atoms with van der Waals surface area (Å²) in [6, 6.07) is 10.5. The maximum absolute atomic E-state index is 5.99. The normalized spacial score (nSPS) is 12.6. The van der Waals surface area contributed by atoms with Gasteiger partial charge in [0, 0.05) is 31.6 Å². The van der Waals surface area contributed by atoms with Crippen molar-refractivity contribution in [3.05, 3.63) is 35.9 Å². The van der Waals surface area contributed by atoms with E-state index in [1.165, 1.54) is 5.56 Å². The Balaban J connectivity index is 2.33. The molecular weight excluding hydrogens is 262 g/mol. The highest BCUT2D eigenvalue weighted by Crippen LogP contribution is 2.24. The fourth-order valence-electron chi connectivity index (χ4n) is 2.43. The predicted molar refractivity (Wildman–Crippen MR) is 88.9 cm³/mol. The van der Waals surface area contributed by atoms with Crippen LogP contribution in [0.3, 0.4) is 0 Å². The number of aromatic nitrogens is 1. The Morgan fingerprint density at radius 3 is 2.81 bits per heavy atom. The highest BCUT2D eigenvalue weighted by atomic mass is 16.5. The quantitative estimate of drug-likeness (QED) is 0.795. The van der Waals surface area contributed by atoms with Crippen molar-refractivity contribution < 1.29 is 4.74 Å². The number of likely N-dealkylation sites (N-methyl/N-ethyl adjacent to an activating group) is 1. The highest BCUT2D eigenvalue weighted by Gasteiger charge is 2.12. The zero-order valence-electron chi connectivity index (χ0n) is 13.2. The predicted octanol–water partition coefficient (Wildman–Crippen LogP) is 2.60. The third kappa shape index (κ3) is 4.16. The molecule has 2 rings (SSSR count). The molecule has 0 aliphatic heterocycles. The van der Waals surface area contributed by atoms with E-state index in [0.29, 0.717) is 6.61 Å². The van der Waals surface area contributed by atoms with Crippen molar-refractivity contribution in [1.82, 2.24) is 4.98 Å². The van der Waals surface area contributed by atoms with Crippen LogP contribution in [0.1, 0.15) is 19.4 Å². The van der Waals surface area contributed by atoms with Crippen LogP contribution in [-0.4, -0.2) is 37.8 Å². The number of rotatable bonds is 7. The van der Waals surface area contributed by atoms with E-state index < -0.39 is 0 Å². The first kappa shape index (κ1) is 15.7. The smallest absolute Gasteiger partial charge is 0.132 e. The summed E-state index contributed by atoms with van der Waals surface area (Å²) in [7, 11) is 2.06. The molecule has 1 unspecified atom stereocenters. The Labute approximate surface area is 126 Å². The minimum atomic E-state index is 0.118. The van der Waals surface area contributed by atoms with E-state index in [1.54, 1.807) is 0 Å². The molecule has 0 aliphatic rings. The van der Waals surface area contributed by atoms with Crippen LogP contribution in [0, 0.1) is 0 Å². The first-order valence-electron chi connectivity index (χ1n) is 7.55. The SMILES string of the molecule is CCOCCN(C)c1nc2ccccc2cc1CC(C)N. The van der Waals surface area contributed by atoms with Crippen LogP contribution in [0.2, 0.25) is 0 Å². The van der Waals surface area contributed by atoms with Gasteiger partial charge < -0.3 is 15.4 Å². The van der Waals surface area contributed by atoms with Crippen molar-refractivity contribution in [1.29, 1.82) is 0 Å². The molecule has 4 heteroatoms. The van der Waals surface area contributed by atoms with Gasteiger partial charge in [-0.2, -0.15) is 0 Å². The Bertz CT molecular complexity index is 583. The van der Waals surface area contributed by atoms with Crippen LogP contribution in [-0.2, 0) is 11.2 Å². The Hall–Kier alpha value is -1.65. The average molecular weight is 287 g/mol. The summed E-state index contributed by atoms with van der Waals surface area (Å²) in [4.78, 5) is 6.97. The lowest BCUT2D eigenvalue weighted by Crippen LogP contribution is -2.26. The molecule has 0 amide bonds. The number of nitrogens with two attached hydrogens (primary N) is 1. The molecule has 21 heavy (non-hydrogen) atoms. The van der Waals surface area contributed by atoms with Crippen LogP contribution in [0.15, 0.2) is 30.3 Å². The summed E-state index contributed by atoms with van der Waals surface area (Å²) < 4.78 is 5.44. The second-order valence-corrected chi connectivity index (χ2v) is 5.46. The lowest BCUT2D eigenvalue weighted by molar-refractivity contribution is 0.154. The van der Waals surface area contributed by atoms with Crippen molar-refractivity contribution in [3.8, 4) is 0 Å². The van der Waals surface area contributed by atoms with Gasteiger partial charge in [0.25, 0.3) is 0 Å². The molecule has 1 heterocycles. The molecule has 0 bridgehead atoms. The van der Waals surface area contributed by atoms with Crippen molar-refractivity contribution in [3.63, 3.8) is 0 Å². The maximum atomic E-state index is 5.99. The number of hydrogen-bond acceptors (Lipinski definition) is 4. The molecule has 1 aromatic carbocycles. The summed E-state index contributed by atoms with van der Waals surface area (Å²) in [6.07, 6.45) is 0.826. The Kier molecular flexibility index (Phi) is 5.53. The maximum Gasteiger partial charge on any atom is 0.132 e. The van der Waals surface area contributed by atoms with E-state index in [-0.39, 0.29) is 6.04 Å². The lowest BCUT2D eigenvalue weighted by Gasteiger charge is -2.22. The van der Waals surface area contributed by atoms with Crippen LogP contribution < -0.4 is 10.6 Å². The third-order valence-corrected chi connectivity index (χ3v) is 3.46. The molecule has 2 N–H and O–H groups in total. The van der Waals surface area contributed by atoms with Gasteiger partial charge in [0.15, 0.2) is 0 Å². The summed E-state index contributed by atoms with van der Waals surface area (Å²) in [5.74, 6) is 1.01. The molecule has 0 aliphatic carbocycles. The van der Waals surface area contributed by atoms with E-state index in [9.17, 15) is 0 Å². The van der Waals surface area contributed by atoms with Crippen molar-refractivity contribution in [2.24, 2.45) is 5.73 Å². The fourth-order valence-corrected chi connectivity index (χ4v) is 2.43. The lowest BCUT2D eigenvalue weighted by atomic mass is 10.1. The van der Waals surface area contributed by atoms with Gasteiger partial charge in [-0.1, -0.05) is 18.2 Å². The third-order valence-electron chi connectivity index (χ3n) is 3.46. The molecule has 0 saturated carbocycles. The first-order valence-corrected chi connectivity index (χ1v) is 7.55. The van der Waals surface area contributed by atoms with E-state index in [2.05, 4.69) is 24.1 Å². The van der Waals surface area contributed by atoms with Gasteiger partial charge in [-0.3, -0.25) is 0 Å². The number of pyridine rings is 1. The van der Waals surface area contributed by atoms with Gasteiger partial charge in [-0.15, -0.1) is 0 Å². The monoisotopic (exact) mass is 287 g/mol. The zero-order valence-corrected chi connectivity index (χ0v) is 13.2. The fraction of sp³-hybridized carbons (Fsp3) is 0.471. The minimum Gasteiger partial charge on any atom is -0.380 e. The van der Waals surface area contributed by atoms with Crippen LogP contribution in [0.5, 0.6) is 0 Å². The number of nitrogens with zero attached hydrogens (tertiary/aromatic N) is 2. The first-order chi connectivity index (χ1) is 10.1. The molecule has 2 aromatic rings.